The Labute approximate surface area is 303 Å². The smallest absolute Gasteiger partial charge is 0.271 e. The Morgan fingerprint density at radius 3 is 2.45 bits per heavy atom. The lowest BCUT2D eigenvalue weighted by Gasteiger charge is -2.31. The first-order valence-electron chi connectivity index (χ1n) is 15.9. The van der Waals surface area contributed by atoms with E-state index in [-0.39, 0.29) is 11.6 Å². The number of methoxy groups -OCH3 is 2. The number of ether oxygens (including phenoxy) is 3. The van der Waals surface area contributed by atoms with Crippen LogP contribution in [0.4, 0.5) is 0 Å². The maximum absolute atomic E-state index is 14.4. The molecule has 0 saturated carbocycles. The summed E-state index contributed by atoms with van der Waals surface area (Å²) in [4.78, 5) is 20.2. The molecule has 0 radical (unpaired) electrons. The minimum atomic E-state index is -0.329. The van der Waals surface area contributed by atoms with Crippen LogP contribution in [0.25, 0.3) is 22.5 Å². The molecule has 244 valence electrons. The van der Waals surface area contributed by atoms with Gasteiger partial charge in [0.1, 0.15) is 12.4 Å². The number of thiazole rings is 1. The number of halogens is 2. The molecular weight excluding hydrogens is 764 g/mol. The molecule has 1 atom stereocenters. The van der Waals surface area contributed by atoms with Crippen molar-refractivity contribution in [1.82, 2.24) is 4.57 Å². The van der Waals surface area contributed by atoms with Crippen molar-refractivity contribution in [1.29, 1.82) is 0 Å². The van der Waals surface area contributed by atoms with Crippen LogP contribution in [0.1, 0.15) is 40.3 Å². The van der Waals surface area contributed by atoms with Crippen molar-refractivity contribution in [3.05, 3.63) is 159 Å². The SMILES string of the molecule is COc1ccc([C@H]2C3=C(N=c4s/c(=C\c5cc(Br)c(OCc6cccc7ccccc67)c(Br)c5)c(=O)n42)c2ccccc2CC3)cc1OC. The predicted molar refractivity (Wildman–Crippen MR) is 202 cm³/mol. The molecular formula is C40H30Br2N2O4S. The standard InChI is InChI=1S/C40H30Br2N2O4S/c1-46-33-17-15-26(21-34(33)47-2)37-30-16-14-25-9-4-6-13-29(25)36(30)43-40-44(37)39(45)35(49-40)20-23-18-31(41)38(32(42)19-23)48-22-27-11-7-10-24-8-3-5-12-28(24)27/h3-13,15,17-21,37H,14,16,22H2,1-2H3/b35-20-/t37-/m0/s1. The van der Waals surface area contributed by atoms with Crippen molar-refractivity contribution in [3.63, 3.8) is 0 Å². The fourth-order valence-electron chi connectivity index (χ4n) is 6.87. The highest BCUT2D eigenvalue weighted by Gasteiger charge is 2.33. The van der Waals surface area contributed by atoms with Gasteiger partial charge in [0.2, 0.25) is 0 Å². The number of aryl methyl sites for hydroxylation is 1. The molecule has 6 nitrogen and oxygen atoms in total. The third kappa shape index (κ3) is 5.73. The average Bonchev–Trinajstić information content (AvgIpc) is 3.43. The van der Waals surface area contributed by atoms with Crippen LogP contribution in [0.5, 0.6) is 17.2 Å². The van der Waals surface area contributed by atoms with Crippen LogP contribution >= 0.6 is 43.2 Å². The fraction of sp³-hybridized carbons (Fsp3) is 0.150. The van der Waals surface area contributed by atoms with Gasteiger partial charge in [-0.25, -0.2) is 4.99 Å². The highest BCUT2D eigenvalue weighted by Crippen LogP contribution is 2.43. The first kappa shape index (κ1) is 31.8. The van der Waals surface area contributed by atoms with Gasteiger partial charge in [-0.1, -0.05) is 84.1 Å². The first-order valence-corrected chi connectivity index (χ1v) is 18.3. The Bertz CT molecular complexity index is 2470. The molecule has 0 unspecified atom stereocenters. The highest BCUT2D eigenvalue weighted by atomic mass is 79.9. The lowest BCUT2D eigenvalue weighted by atomic mass is 9.83. The second-order valence-corrected chi connectivity index (χ2v) is 14.7. The van der Waals surface area contributed by atoms with Crippen molar-refractivity contribution in [3.8, 4) is 17.2 Å². The molecule has 5 aromatic carbocycles. The lowest BCUT2D eigenvalue weighted by molar-refractivity contribution is 0.303. The third-order valence-corrected chi connectivity index (χ3v) is 11.3. The molecule has 6 aromatic rings. The Morgan fingerprint density at radius 2 is 1.63 bits per heavy atom. The van der Waals surface area contributed by atoms with E-state index in [0.717, 1.165) is 55.3 Å². The van der Waals surface area contributed by atoms with Gasteiger partial charge in [0.15, 0.2) is 16.3 Å². The molecule has 2 aliphatic rings. The summed E-state index contributed by atoms with van der Waals surface area (Å²) in [5, 5.41) is 2.35. The van der Waals surface area contributed by atoms with E-state index in [1.54, 1.807) is 14.2 Å². The van der Waals surface area contributed by atoms with Crippen LogP contribution in [0.3, 0.4) is 0 Å². The van der Waals surface area contributed by atoms with E-state index >= 15 is 0 Å². The average molecular weight is 795 g/mol. The Kier molecular flexibility index (Phi) is 8.51. The second-order valence-electron chi connectivity index (χ2n) is 12.0. The van der Waals surface area contributed by atoms with Crippen molar-refractivity contribution in [2.24, 2.45) is 4.99 Å². The zero-order chi connectivity index (χ0) is 33.6. The minimum Gasteiger partial charge on any atom is -0.493 e. The van der Waals surface area contributed by atoms with Crippen molar-refractivity contribution < 1.29 is 14.2 Å². The van der Waals surface area contributed by atoms with Crippen molar-refractivity contribution >= 4 is 65.7 Å². The van der Waals surface area contributed by atoms with Crippen LogP contribution in [0, 0.1) is 0 Å². The van der Waals surface area contributed by atoms with Gasteiger partial charge in [0.25, 0.3) is 5.56 Å². The van der Waals surface area contributed by atoms with Crippen molar-refractivity contribution in [2.75, 3.05) is 14.2 Å². The van der Waals surface area contributed by atoms with Crippen molar-refractivity contribution in [2.45, 2.75) is 25.5 Å². The van der Waals surface area contributed by atoms with E-state index in [9.17, 15) is 4.79 Å². The molecule has 8 rings (SSSR count). The number of nitrogens with zero attached hydrogens (tertiary/aromatic N) is 2. The Hall–Kier alpha value is -4.44. The maximum Gasteiger partial charge on any atom is 0.271 e. The van der Waals surface area contributed by atoms with E-state index < -0.39 is 0 Å². The molecule has 0 saturated heterocycles. The molecule has 0 spiro atoms. The van der Waals surface area contributed by atoms with Gasteiger partial charge in [0.05, 0.1) is 39.4 Å². The van der Waals surface area contributed by atoms with E-state index in [1.165, 1.54) is 27.7 Å². The van der Waals surface area contributed by atoms with Crippen LogP contribution in [0.2, 0.25) is 0 Å². The van der Waals surface area contributed by atoms with Gasteiger partial charge in [-0.3, -0.25) is 9.36 Å². The molecule has 0 amide bonds. The quantitative estimate of drug-likeness (QED) is 0.163. The summed E-state index contributed by atoms with van der Waals surface area (Å²) in [5.41, 5.74) is 7.31. The number of benzene rings is 5. The summed E-state index contributed by atoms with van der Waals surface area (Å²) in [6.45, 7) is 0.417. The number of rotatable bonds is 7. The van der Waals surface area contributed by atoms with Gasteiger partial charge >= 0.3 is 0 Å². The van der Waals surface area contributed by atoms with E-state index in [1.807, 2.05) is 53.1 Å². The highest BCUT2D eigenvalue weighted by molar-refractivity contribution is 9.11. The lowest BCUT2D eigenvalue weighted by Crippen LogP contribution is -2.38. The van der Waals surface area contributed by atoms with E-state index in [4.69, 9.17) is 19.2 Å². The van der Waals surface area contributed by atoms with Gasteiger partial charge < -0.3 is 14.2 Å². The zero-order valence-corrected chi connectivity index (χ0v) is 30.7. The van der Waals surface area contributed by atoms with Crippen LogP contribution in [0.15, 0.2) is 121 Å². The summed E-state index contributed by atoms with van der Waals surface area (Å²) in [6.07, 6.45) is 3.62. The van der Waals surface area contributed by atoms with Crippen LogP contribution in [-0.2, 0) is 13.0 Å². The predicted octanol–water partition coefficient (Wildman–Crippen LogP) is 8.59. The molecule has 0 fully saturated rings. The number of allylic oxidation sites excluding steroid dienone is 1. The number of fused-ring (bicyclic) bond motifs is 4. The van der Waals surface area contributed by atoms with Gasteiger partial charge in [-0.05, 0) is 114 Å². The maximum atomic E-state index is 14.4. The van der Waals surface area contributed by atoms with Gasteiger partial charge in [0, 0.05) is 5.56 Å². The van der Waals surface area contributed by atoms with Gasteiger partial charge in [-0.15, -0.1) is 0 Å². The summed E-state index contributed by atoms with van der Waals surface area (Å²) in [5.74, 6) is 1.96. The van der Waals surface area contributed by atoms with Gasteiger partial charge in [-0.2, -0.15) is 0 Å². The number of hydrogen-bond donors (Lipinski definition) is 0. The summed E-state index contributed by atoms with van der Waals surface area (Å²) >= 11 is 8.86. The third-order valence-electron chi connectivity index (χ3n) is 9.17. The Balaban J connectivity index is 1.20. The van der Waals surface area contributed by atoms with E-state index in [0.29, 0.717) is 33.2 Å². The molecule has 9 heteroatoms. The molecule has 49 heavy (non-hydrogen) atoms. The van der Waals surface area contributed by atoms with Crippen LogP contribution < -0.4 is 29.1 Å². The van der Waals surface area contributed by atoms with E-state index in [2.05, 4.69) is 86.5 Å². The summed E-state index contributed by atoms with van der Waals surface area (Å²) < 4.78 is 21.6. The monoisotopic (exact) mass is 792 g/mol. The fourth-order valence-corrected chi connectivity index (χ4v) is 9.32. The first-order chi connectivity index (χ1) is 23.9. The number of hydrogen-bond acceptors (Lipinski definition) is 6. The zero-order valence-electron chi connectivity index (χ0n) is 26.7. The second kappa shape index (κ2) is 13.1. The number of aromatic nitrogens is 1. The molecule has 0 N–H and O–H groups in total. The molecule has 1 aliphatic carbocycles. The largest absolute Gasteiger partial charge is 0.493 e. The minimum absolute atomic E-state index is 0.0857. The summed E-state index contributed by atoms with van der Waals surface area (Å²) in [6, 6.07) is 32.5. The molecule has 1 aromatic heterocycles. The summed E-state index contributed by atoms with van der Waals surface area (Å²) in [7, 11) is 3.25. The molecule has 2 heterocycles. The van der Waals surface area contributed by atoms with Crippen LogP contribution in [-0.4, -0.2) is 18.8 Å². The Morgan fingerprint density at radius 1 is 0.878 bits per heavy atom. The topological polar surface area (TPSA) is 62.0 Å². The molecule has 0 bridgehead atoms. The normalized spacial score (nSPS) is 15.3. The molecule has 1 aliphatic heterocycles.